The quantitative estimate of drug-likeness (QED) is 0.838. The third-order valence-electron chi connectivity index (χ3n) is 2.97. The van der Waals surface area contributed by atoms with Crippen LogP contribution in [0.2, 0.25) is 0 Å². The van der Waals surface area contributed by atoms with Crippen LogP contribution in [0.1, 0.15) is 32.0 Å². The lowest BCUT2D eigenvalue weighted by Crippen LogP contribution is -2.19. The van der Waals surface area contributed by atoms with Crippen LogP contribution in [0.15, 0.2) is 6.07 Å². The highest BCUT2D eigenvalue weighted by molar-refractivity contribution is 5.38. The summed E-state index contributed by atoms with van der Waals surface area (Å²) in [7, 11) is 1.63. The monoisotopic (exact) mass is 251 g/mol. The van der Waals surface area contributed by atoms with Crippen LogP contribution in [0.25, 0.3) is 0 Å². The first-order valence-electron chi connectivity index (χ1n) is 6.59. The van der Waals surface area contributed by atoms with Gasteiger partial charge in [-0.3, -0.25) is 0 Å². The number of nitrogens with one attached hydrogen (secondary N) is 1. The molecule has 0 bridgehead atoms. The van der Waals surface area contributed by atoms with Crippen LogP contribution >= 0.6 is 0 Å². The second-order valence-corrected chi connectivity index (χ2v) is 4.48. The largest absolute Gasteiger partial charge is 0.481 e. The fourth-order valence-electron chi connectivity index (χ4n) is 2.03. The molecule has 5 heteroatoms. The molecule has 2 rings (SSSR count). The summed E-state index contributed by atoms with van der Waals surface area (Å²) < 4.78 is 10.8. The van der Waals surface area contributed by atoms with Crippen molar-refractivity contribution in [3.8, 4) is 5.88 Å². The molecule has 1 aromatic rings. The SMILES string of the molecule is CCCc1nc(NCC2CCCO2)cc(OC)n1. The van der Waals surface area contributed by atoms with Crippen molar-refractivity contribution in [3.63, 3.8) is 0 Å². The predicted molar refractivity (Wildman–Crippen MR) is 70.0 cm³/mol. The summed E-state index contributed by atoms with van der Waals surface area (Å²) in [6, 6.07) is 1.83. The summed E-state index contributed by atoms with van der Waals surface area (Å²) in [4.78, 5) is 8.79. The van der Waals surface area contributed by atoms with E-state index in [9.17, 15) is 0 Å². The Bertz CT molecular complexity index is 378. The summed E-state index contributed by atoms with van der Waals surface area (Å²) in [5.74, 6) is 2.26. The first-order chi connectivity index (χ1) is 8.81. The Morgan fingerprint density at radius 3 is 3.06 bits per heavy atom. The summed E-state index contributed by atoms with van der Waals surface area (Å²) >= 11 is 0. The van der Waals surface area contributed by atoms with Gasteiger partial charge in [-0.05, 0) is 19.3 Å². The lowest BCUT2D eigenvalue weighted by Gasteiger charge is -2.12. The minimum absolute atomic E-state index is 0.306. The van der Waals surface area contributed by atoms with Crippen molar-refractivity contribution in [2.75, 3.05) is 25.6 Å². The molecular weight excluding hydrogens is 230 g/mol. The van der Waals surface area contributed by atoms with Crippen LogP contribution in [0.3, 0.4) is 0 Å². The summed E-state index contributed by atoms with van der Waals surface area (Å²) in [6.45, 7) is 3.79. The Labute approximate surface area is 108 Å². The molecule has 0 aromatic carbocycles. The highest BCUT2D eigenvalue weighted by atomic mass is 16.5. The lowest BCUT2D eigenvalue weighted by molar-refractivity contribution is 0.120. The van der Waals surface area contributed by atoms with Gasteiger partial charge in [0, 0.05) is 25.6 Å². The molecule has 1 aliphatic heterocycles. The van der Waals surface area contributed by atoms with E-state index in [1.54, 1.807) is 7.11 Å². The molecule has 0 saturated carbocycles. The molecule has 2 heterocycles. The van der Waals surface area contributed by atoms with Crippen molar-refractivity contribution in [1.82, 2.24) is 9.97 Å². The molecule has 100 valence electrons. The Balaban J connectivity index is 1.98. The molecule has 1 fully saturated rings. The number of hydrogen-bond donors (Lipinski definition) is 1. The van der Waals surface area contributed by atoms with E-state index in [0.717, 1.165) is 50.5 Å². The van der Waals surface area contributed by atoms with E-state index < -0.39 is 0 Å². The number of ether oxygens (including phenoxy) is 2. The third-order valence-corrected chi connectivity index (χ3v) is 2.97. The van der Waals surface area contributed by atoms with Gasteiger partial charge in [-0.2, -0.15) is 4.98 Å². The van der Waals surface area contributed by atoms with E-state index >= 15 is 0 Å². The number of methoxy groups -OCH3 is 1. The van der Waals surface area contributed by atoms with Gasteiger partial charge in [-0.1, -0.05) is 6.92 Å². The normalized spacial score (nSPS) is 18.9. The maximum Gasteiger partial charge on any atom is 0.218 e. The van der Waals surface area contributed by atoms with Crippen molar-refractivity contribution in [2.45, 2.75) is 38.7 Å². The average molecular weight is 251 g/mol. The van der Waals surface area contributed by atoms with Gasteiger partial charge in [0.15, 0.2) is 0 Å². The first kappa shape index (κ1) is 13.1. The van der Waals surface area contributed by atoms with Crippen molar-refractivity contribution in [1.29, 1.82) is 0 Å². The molecule has 18 heavy (non-hydrogen) atoms. The molecule has 5 nitrogen and oxygen atoms in total. The zero-order chi connectivity index (χ0) is 12.8. The number of aryl methyl sites for hydroxylation is 1. The van der Waals surface area contributed by atoms with Gasteiger partial charge in [0.1, 0.15) is 11.6 Å². The van der Waals surface area contributed by atoms with Crippen molar-refractivity contribution < 1.29 is 9.47 Å². The van der Waals surface area contributed by atoms with E-state index in [2.05, 4.69) is 22.2 Å². The number of anilines is 1. The molecule has 1 aromatic heterocycles. The Morgan fingerprint density at radius 2 is 2.39 bits per heavy atom. The highest BCUT2D eigenvalue weighted by Crippen LogP contribution is 2.16. The molecule has 0 aliphatic carbocycles. The van der Waals surface area contributed by atoms with E-state index in [4.69, 9.17) is 9.47 Å². The predicted octanol–water partition coefficient (Wildman–Crippen LogP) is 2.03. The van der Waals surface area contributed by atoms with Gasteiger partial charge >= 0.3 is 0 Å². The zero-order valence-corrected chi connectivity index (χ0v) is 11.1. The molecule has 1 unspecified atom stereocenters. The number of hydrogen-bond acceptors (Lipinski definition) is 5. The van der Waals surface area contributed by atoms with Crippen LogP contribution < -0.4 is 10.1 Å². The summed E-state index contributed by atoms with van der Waals surface area (Å²) in [6.07, 6.45) is 4.47. The number of nitrogens with zero attached hydrogens (tertiary/aromatic N) is 2. The second-order valence-electron chi connectivity index (χ2n) is 4.48. The van der Waals surface area contributed by atoms with Crippen molar-refractivity contribution >= 4 is 5.82 Å². The van der Waals surface area contributed by atoms with E-state index in [1.807, 2.05) is 6.07 Å². The van der Waals surface area contributed by atoms with Crippen LogP contribution in [-0.2, 0) is 11.2 Å². The minimum Gasteiger partial charge on any atom is -0.481 e. The van der Waals surface area contributed by atoms with Gasteiger partial charge < -0.3 is 14.8 Å². The topological polar surface area (TPSA) is 56.3 Å². The molecule has 1 aliphatic rings. The Morgan fingerprint density at radius 1 is 1.50 bits per heavy atom. The Hall–Kier alpha value is -1.36. The van der Waals surface area contributed by atoms with Gasteiger partial charge in [0.2, 0.25) is 5.88 Å². The zero-order valence-electron chi connectivity index (χ0n) is 11.1. The van der Waals surface area contributed by atoms with Crippen LogP contribution in [0.4, 0.5) is 5.82 Å². The van der Waals surface area contributed by atoms with Gasteiger partial charge in [0.05, 0.1) is 13.2 Å². The maximum absolute atomic E-state index is 5.57. The lowest BCUT2D eigenvalue weighted by atomic mass is 10.2. The minimum atomic E-state index is 0.306. The van der Waals surface area contributed by atoms with Crippen LogP contribution in [0.5, 0.6) is 5.88 Å². The van der Waals surface area contributed by atoms with Crippen molar-refractivity contribution in [2.24, 2.45) is 0 Å². The fourth-order valence-corrected chi connectivity index (χ4v) is 2.03. The van der Waals surface area contributed by atoms with E-state index in [1.165, 1.54) is 0 Å². The summed E-state index contributed by atoms with van der Waals surface area (Å²) in [5.41, 5.74) is 0. The van der Waals surface area contributed by atoms with Crippen molar-refractivity contribution in [3.05, 3.63) is 11.9 Å². The third kappa shape index (κ3) is 3.57. The van der Waals surface area contributed by atoms with Gasteiger partial charge in [0.25, 0.3) is 0 Å². The van der Waals surface area contributed by atoms with Crippen LogP contribution in [0, 0.1) is 0 Å². The smallest absolute Gasteiger partial charge is 0.218 e. The maximum atomic E-state index is 5.57. The van der Waals surface area contributed by atoms with E-state index in [-0.39, 0.29) is 0 Å². The first-order valence-corrected chi connectivity index (χ1v) is 6.59. The van der Waals surface area contributed by atoms with Gasteiger partial charge in [-0.15, -0.1) is 0 Å². The fraction of sp³-hybridized carbons (Fsp3) is 0.692. The highest BCUT2D eigenvalue weighted by Gasteiger charge is 2.15. The summed E-state index contributed by atoms with van der Waals surface area (Å²) in [5, 5.41) is 3.30. The standard InChI is InChI=1S/C13H21N3O2/c1-3-5-11-15-12(8-13(16-11)17-2)14-9-10-6-4-7-18-10/h8,10H,3-7,9H2,1-2H3,(H,14,15,16). The molecular formula is C13H21N3O2. The molecule has 0 radical (unpaired) electrons. The second kappa shape index (κ2) is 6.54. The number of rotatable bonds is 6. The molecule has 1 atom stereocenters. The van der Waals surface area contributed by atoms with Gasteiger partial charge in [-0.25, -0.2) is 4.98 Å². The van der Waals surface area contributed by atoms with E-state index in [0.29, 0.717) is 12.0 Å². The molecule has 1 saturated heterocycles. The average Bonchev–Trinajstić information content (AvgIpc) is 2.89. The van der Waals surface area contributed by atoms with Crippen LogP contribution in [-0.4, -0.2) is 36.3 Å². The molecule has 1 N–H and O–H groups in total. The molecule has 0 amide bonds. The molecule has 0 spiro atoms. The number of aromatic nitrogens is 2. The Kier molecular flexibility index (Phi) is 4.75.